The number of phenols is 1. The minimum Gasteiger partial charge on any atom is -0.508 e. The van der Waals surface area contributed by atoms with E-state index in [9.17, 15) is 24.8 Å². The standard InChI is InChI=1S/C25H20N2O6S/c1-33-25(30)24(34-16-18-5-3-2-4-6-18)26-23(29)20-11-14-22(27(31)32)19(15-20)10-7-17-8-12-21(28)13-9-17/h2-6,8-9,11-15,24,28H,16H2,1H3,(H,26,29). The van der Waals surface area contributed by atoms with E-state index in [1.54, 1.807) is 12.1 Å². The van der Waals surface area contributed by atoms with Gasteiger partial charge in [0.2, 0.25) is 0 Å². The Bertz CT molecular complexity index is 1250. The predicted molar refractivity (Wildman–Crippen MR) is 128 cm³/mol. The first-order valence-electron chi connectivity index (χ1n) is 10.0. The summed E-state index contributed by atoms with van der Waals surface area (Å²) in [6.07, 6.45) is 0. The third-order valence-corrected chi connectivity index (χ3v) is 5.74. The second kappa shape index (κ2) is 11.5. The Kier molecular flexibility index (Phi) is 8.26. The van der Waals surface area contributed by atoms with Crippen molar-refractivity contribution < 1.29 is 24.4 Å². The van der Waals surface area contributed by atoms with Crippen molar-refractivity contribution >= 4 is 29.3 Å². The summed E-state index contributed by atoms with van der Waals surface area (Å²) in [5, 5.41) is 22.4. The summed E-state index contributed by atoms with van der Waals surface area (Å²) in [7, 11) is 1.23. The Morgan fingerprint density at radius 2 is 1.79 bits per heavy atom. The van der Waals surface area contributed by atoms with Gasteiger partial charge in [0.15, 0.2) is 5.37 Å². The minimum atomic E-state index is -0.973. The largest absolute Gasteiger partial charge is 0.508 e. The summed E-state index contributed by atoms with van der Waals surface area (Å²) >= 11 is 1.19. The van der Waals surface area contributed by atoms with Crippen LogP contribution in [-0.4, -0.2) is 34.4 Å². The predicted octanol–water partition coefficient (Wildman–Crippen LogP) is 3.86. The van der Waals surface area contributed by atoms with Crippen LogP contribution in [0.1, 0.15) is 27.0 Å². The molecule has 0 radical (unpaired) electrons. The summed E-state index contributed by atoms with van der Waals surface area (Å²) in [4.78, 5) is 35.9. The molecule has 8 nitrogen and oxygen atoms in total. The van der Waals surface area contributed by atoms with E-state index in [0.717, 1.165) is 5.56 Å². The van der Waals surface area contributed by atoms with Crippen molar-refractivity contribution in [2.75, 3.05) is 7.11 Å². The lowest BCUT2D eigenvalue weighted by Crippen LogP contribution is -2.39. The topological polar surface area (TPSA) is 119 Å². The number of thioether (sulfide) groups is 1. The zero-order valence-electron chi connectivity index (χ0n) is 18.1. The lowest BCUT2D eigenvalue weighted by atomic mass is 10.1. The van der Waals surface area contributed by atoms with E-state index in [1.807, 2.05) is 30.3 Å². The number of methoxy groups -OCH3 is 1. The second-order valence-electron chi connectivity index (χ2n) is 6.96. The summed E-state index contributed by atoms with van der Waals surface area (Å²) in [5.74, 6) is 4.80. The molecule has 0 saturated carbocycles. The fourth-order valence-electron chi connectivity index (χ4n) is 2.85. The number of nitro groups is 1. The molecule has 0 aliphatic carbocycles. The number of carbonyl (C=O) groups is 2. The number of phenolic OH excluding ortho intramolecular Hbond substituents is 1. The monoisotopic (exact) mass is 476 g/mol. The fraction of sp³-hybridized carbons (Fsp3) is 0.120. The summed E-state index contributed by atoms with van der Waals surface area (Å²) in [6, 6.07) is 19.3. The lowest BCUT2D eigenvalue weighted by Gasteiger charge is -2.16. The van der Waals surface area contributed by atoms with Crippen molar-refractivity contribution in [3.63, 3.8) is 0 Å². The van der Waals surface area contributed by atoms with E-state index < -0.39 is 22.2 Å². The molecule has 1 atom stereocenters. The number of ether oxygens (including phenoxy) is 1. The van der Waals surface area contributed by atoms with E-state index in [1.165, 1.54) is 49.2 Å². The highest BCUT2D eigenvalue weighted by molar-refractivity contribution is 7.99. The first-order chi connectivity index (χ1) is 16.4. The van der Waals surface area contributed by atoms with Gasteiger partial charge < -0.3 is 15.2 Å². The van der Waals surface area contributed by atoms with Gasteiger partial charge in [-0.15, -0.1) is 11.8 Å². The molecular weight excluding hydrogens is 456 g/mol. The van der Waals surface area contributed by atoms with Gasteiger partial charge in [0, 0.05) is 22.9 Å². The zero-order valence-corrected chi connectivity index (χ0v) is 18.9. The third kappa shape index (κ3) is 6.60. The maximum Gasteiger partial charge on any atom is 0.339 e. The third-order valence-electron chi connectivity index (χ3n) is 4.60. The molecule has 0 saturated heterocycles. The van der Waals surface area contributed by atoms with Gasteiger partial charge in [0.05, 0.1) is 12.0 Å². The Labute approximate surface area is 200 Å². The van der Waals surface area contributed by atoms with Crippen molar-refractivity contribution in [1.29, 1.82) is 0 Å². The average molecular weight is 477 g/mol. The van der Waals surface area contributed by atoms with Gasteiger partial charge in [-0.2, -0.15) is 0 Å². The van der Waals surface area contributed by atoms with Gasteiger partial charge in [-0.05, 0) is 42.0 Å². The summed E-state index contributed by atoms with van der Waals surface area (Å²) in [6.45, 7) is 0. The molecule has 2 N–H and O–H groups in total. The molecule has 0 fully saturated rings. The molecule has 0 spiro atoms. The molecule has 0 aromatic heterocycles. The number of aromatic hydroxyl groups is 1. The van der Waals surface area contributed by atoms with Crippen LogP contribution in [0, 0.1) is 22.0 Å². The van der Waals surface area contributed by atoms with Gasteiger partial charge >= 0.3 is 5.97 Å². The molecule has 0 aliphatic heterocycles. The van der Waals surface area contributed by atoms with E-state index in [2.05, 4.69) is 17.2 Å². The number of rotatable bonds is 7. The van der Waals surface area contributed by atoms with E-state index in [4.69, 9.17) is 4.74 Å². The van der Waals surface area contributed by atoms with Crippen LogP contribution in [0.2, 0.25) is 0 Å². The van der Waals surface area contributed by atoms with Crippen LogP contribution in [0.4, 0.5) is 5.69 Å². The second-order valence-corrected chi connectivity index (χ2v) is 8.05. The molecule has 0 aliphatic rings. The highest BCUT2D eigenvalue weighted by atomic mass is 32.2. The number of amides is 1. The number of esters is 1. The van der Waals surface area contributed by atoms with Crippen LogP contribution in [0.25, 0.3) is 0 Å². The number of carbonyl (C=O) groups excluding carboxylic acids is 2. The smallest absolute Gasteiger partial charge is 0.339 e. The molecule has 172 valence electrons. The molecule has 3 aromatic carbocycles. The van der Waals surface area contributed by atoms with Gasteiger partial charge in [-0.1, -0.05) is 42.2 Å². The minimum absolute atomic E-state index is 0.0391. The van der Waals surface area contributed by atoms with E-state index >= 15 is 0 Å². The van der Waals surface area contributed by atoms with Crippen LogP contribution in [-0.2, 0) is 15.3 Å². The highest BCUT2D eigenvalue weighted by Crippen LogP contribution is 2.21. The van der Waals surface area contributed by atoms with Gasteiger partial charge in [0.1, 0.15) is 11.3 Å². The summed E-state index contributed by atoms with van der Waals surface area (Å²) in [5.41, 5.74) is 1.39. The van der Waals surface area contributed by atoms with Crippen LogP contribution in [0.3, 0.4) is 0 Å². The van der Waals surface area contributed by atoms with Crippen molar-refractivity contribution in [3.05, 3.63) is 105 Å². The molecule has 1 amide bonds. The van der Waals surface area contributed by atoms with Gasteiger partial charge in [-0.3, -0.25) is 14.9 Å². The van der Waals surface area contributed by atoms with Crippen molar-refractivity contribution in [2.45, 2.75) is 11.1 Å². The molecule has 34 heavy (non-hydrogen) atoms. The summed E-state index contributed by atoms with van der Waals surface area (Å²) < 4.78 is 4.80. The number of nitro benzene ring substituents is 1. The van der Waals surface area contributed by atoms with E-state index in [0.29, 0.717) is 11.3 Å². The van der Waals surface area contributed by atoms with Crippen LogP contribution >= 0.6 is 11.8 Å². The molecule has 9 heteroatoms. The molecule has 3 rings (SSSR count). The molecule has 1 unspecified atom stereocenters. The first kappa shape index (κ1) is 24.4. The van der Waals surface area contributed by atoms with Crippen LogP contribution in [0.5, 0.6) is 5.75 Å². The molecule has 0 heterocycles. The average Bonchev–Trinajstić information content (AvgIpc) is 2.85. The highest BCUT2D eigenvalue weighted by Gasteiger charge is 2.24. The molecule has 0 bridgehead atoms. The maximum absolute atomic E-state index is 12.9. The fourth-order valence-corrected chi connectivity index (χ4v) is 3.83. The van der Waals surface area contributed by atoms with Crippen molar-refractivity contribution in [3.8, 4) is 17.6 Å². The quantitative estimate of drug-likeness (QED) is 0.175. The molecular formula is C25H20N2O6S. The van der Waals surface area contributed by atoms with Crippen LogP contribution in [0.15, 0.2) is 72.8 Å². The number of hydrogen-bond donors (Lipinski definition) is 2. The Morgan fingerprint density at radius 3 is 2.44 bits per heavy atom. The normalized spacial score (nSPS) is 11.0. The van der Waals surface area contributed by atoms with Gasteiger partial charge in [-0.25, -0.2) is 4.79 Å². The van der Waals surface area contributed by atoms with Crippen LogP contribution < -0.4 is 5.32 Å². The number of nitrogens with one attached hydrogen (secondary N) is 1. The Morgan fingerprint density at radius 1 is 1.09 bits per heavy atom. The SMILES string of the molecule is COC(=O)C(NC(=O)c1ccc([N+](=O)[O-])c(C#Cc2ccc(O)cc2)c1)SCc1ccccc1. The number of hydrogen-bond acceptors (Lipinski definition) is 7. The van der Waals surface area contributed by atoms with E-state index in [-0.39, 0.29) is 22.6 Å². The number of benzene rings is 3. The number of nitrogens with zero attached hydrogens (tertiary/aromatic N) is 1. The molecule has 3 aromatic rings. The van der Waals surface area contributed by atoms with Gasteiger partial charge in [0.25, 0.3) is 11.6 Å². The first-order valence-corrected chi connectivity index (χ1v) is 11.1. The lowest BCUT2D eigenvalue weighted by molar-refractivity contribution is -0.385. The zero-order chi connectivity index (χ0) is 24.5. The maximum atomic E-state index is 12.9. The Hall–Kier alpha value is -4.29. The Balaban J connectivity index is 1.82. The van der Waals surface area contributed by atoms with Crippen molar-refractivity contribution in [1.82, 2.24) is 5.32 Å². The van der Waals surface area contributed by atoms with Crippen molar-refractivity contribution in [2.24, 2.45) is 0 Å².